The van der Waals surface area contributed by atoms with Crippen molar-refractivity contribution in [3.8, 4) is 0 Å². The summed E-state index contributed by atoms with van der Waals surface area (Å²) in [6, 6.07) is 2.73. The molecule has 1 unspecified atom stereocenters. The van der Waals surface area contributed by atoms with Gasteiger partial charge in [-0.2, -0.15) is 0 Å². The van der Waals surface area contributed by atoms with Gasteiger partial charge in [0.25, 0.3) is 0 Å². The molecule has 1 aliphatic heterocycles. The number of amides is 2. The van der Waals surface area contributed by atoms with Gasteiger partial charge >= 0.3 is 0 Å². The van der Waals surface area contributed by atoms with Crippen LogP contribution in [0.4, 0.5) is 5.69 Å². The molecule has 0 bridgehead atoms. The lowest BCUT2D eigenvalue weighted by atomic mass is 10.2. The first-order valence-electron chi connectivity index (χ1n) is 9.46. The molecule has 0 aliphatic carbocycles. The number of hydrogen-bond donors (Lipinski definition) is 1. The van der Waals surface area contributed by atoms with Crippen LogP contribution in [0.2, 0.25) is 15.1 Å². The van der Waals surface area contributed by atoms with Crippen LogP contribution in [0.25, 0.3) is 0 Å². The van der Waals surface area contributed by atoms with E-state index >= 15 is 0 Å². The second-order valence-electron chi connectivity index (χ2n) is 6.79. The standard InChI is InChI=1S/C19H27Cl3N4O2/c1-4-25(5-2)18(27)12-24-6-8-26(9-7-24)13(3)19(28)23-17-11-15(21)14(20)10-16(17)22/h10-11,13H,4-9,12H2,1-3H3,(H,23,28). The average Bonchev–Trinajstić information content (AvgIpc) is 2.67. The molecule has 1 heterocycles. The van der Waals surface area contributed by atoms with E-state index in [2.05, 4.69) is 15.1 Å². The van der Waals surface area contributed by atoms with Gasteiger partial charge in [-0.05, 0) is 32.9 Å². The number of hydrogen-bond acceptors (Lipinski definition) is 4. The molecule has 0 spiro atoms. The fourth-order valence-corrected chi connectivity index (χ4v) is 3.79. The molecule has 1 atom stereocenters. The number of rotatable bonds is 7. The van der Waals surface area contributed by atoms with Crippen LogP contribution in [0.5, 0.6) is 0 Å². The maximum Gasteiger partial charge on any atom is 0.241 e. The molecule has 1 aliphatic rings. The van der Waals surface area contributed by atoms with Crippen LogP contribution in [0.1, 0.15) is 20.8 Å². The Kier molecular flexibility index (Phi) is 8.83. The van der Waals surface area contributed by atoms with Crippen LogP contribution in [0.3, 0.4) is 0 Å². The summed E-state index contributed by atoms with van der Waals surface area (Å²) in [7, 11) is 0. The van der Waals surface area contributed by atoms with Gasteiger partial charge in [-0.25, -0.2) is 0 Å². The number of anilines is 1. The van der Waals surface area contributed by atoms with Gasteiger partial charge in [0.1, 0.15) is 0 Å². The Hall–Kier alpha value is -1.05. The van der Waals surface area contributed by atoms with Gasteiger partial charge in [-0.3, -0.25) is 19.4 Å². The molecule has 0 radical (unpaired) electrons. The Balaban J connectivity index is 1.87. The predicted octanol–water partition coefficient (Wildman–Crippen LogP) is 3.46. The summed E-state index contributed by atoms with van der Waals surface area (Å²) in [6.45, 7) is 10.6. The number of likely N-dealkylation sites (N-methyl/N-ethyl adjacent to an activating group) is 1. The molecule has 1 saturated heterocycles. The van der Waals surface area contributed by atoms with Crippen molar-refractivity contribution >= 4 is 52.3 Å². The lowest BCUT2D eigenvalue weighted by Crippen LogP contribution is -2.54. The molecular formula is C19H27Cl3N4O2. The minimum absolute atomic E-state index is 0.151. The number of benzene rings is 1. The number of piperazine rings is 1. The van der Waals surface area contributed by atoms with Gasteiger partial charge < -0.3 is 10.2 Å². The van der Waals surface area contributed by atoms with Crippen molar-refractivity contribution in [3.05, 3.63) is 27.2 Å². The maximum atomic E-state index is 12.6. The molecule has 2 rings (SSSR count). The smallest absolute Gasteiger partial charge is 0.241 e. The summed E-state index contributed by atoms with van der Waals surface area (Å²) in [4.78, 5) is 31.0. The van der Waals surface area contributed by atoms with Crippen molar-refractivity contribution < 1.29 is 9.59 Å². The number of halogens is 3. The molecule has 2 amide bonds. The number of nitrogens with zero attached hydrogens (tertiary/aromatic N) is 3. The summed E-state index contributed by atoms with van der Waals surface area (Å²) in [6.07, 6.45) is 0. The third-order valence-electron chi connectivity index (χ3n) is 5.08. The molecule has 156 valence electrons. The van der Waals surface area contributed by atoms with Crippen LogP contribution in [-0.2, 0) is 9.59 Å². The highest BCUT2D eigenvalue weighted by molar-refractivity contribution is 6.44. The molecule has 1 aromatic carbocycles. The van der Waals surface area contributed by atoms with E-state index in [-0.39, 0.29) is 17.9 Å². The van der Waals surface area contributed by atoms with E-state index in [4.69, 9.17) is 34.8 Å². The first-order valence-corrected chi connectivity index (χ1v) is 10.6. The third-order valence-corrected chi connectivity index (χ3v) is 6.11. The van der Waals surface area contributed by atoms with E-state index in [9.17, 15) is 9.59 Å². The topological polar surface area (TPSA) is 55.9 Å². The fourth-order valence-electron chi connectivity index (χ4n) is 3.20. The van der Waals surface area contributed by atoms with Crippen molar-refractivity contribution in [2.45, 2.75) is 26.8 Å². The molecular weight excluding hydrogens is 423 g/mol. The fraction of sp³-hybridized carbons (Fsp3) is 0.579. The van der Waals surface area contributed by atoms with E-state index in [1.165, 1.54) is 6.07 Å². The lowest BCUT2D eigenvalue weighted by molar-refractivity contribution is -0.133. The maximum absolute atomic E-state index is 12.6. The summed E-state index contributed by atoms with van der Waals surface area (Å²) >= 11 is 18.1. The predicted molar refractivity (Wildman–Crippen MR) is 116 cm³/mol. The van der Waals surface area contributed by atoms with Gasteiger partial charge in [0.2, 0.25) is 11.8 Å². The third kappa shape index (κ3) is 5.97. The first-order chi connectivity index (χ1) is 13.3. The summed E-state index contributed by atoms with van der Waals surface area (Å²) < 4.78 is 0. The van der Waals surface area contributed by atoms with E-state index in [0.29, 0.717) is 27.3 Å². The van der Waals surface area contributed by atoms with Crippen molar-refractivity contribution in [2.75, 3.05) is 51.1 Å². The van der Waals surface area contributed by atoms with Crippen LogP contribution < -0.4 is 5.32 Å². The molecule has 0 aromatic heterocycles. The summed E-state index contributed by atoms with van der Waals surface area (Å²) in [5.74, 6) is -0.00791. The molecule has 6 nitrogen and oxygen atoms in total. The number of carbonyl (C=O) groups is 2. The Morgan fingerprint density at radius 1 is 1.04 bits per heavy atom. The average molecular weight is 450 g/mol. The Bertz CT molecular complexity index is 705. The van der Waals surface area contributed by atoms with Crippen molar-refractivity contribution in [1.82, 2.24) is 14.7 Å². The summed E-state index contributed by atoms with van der Waals surface area (Å²) in [5, 5.41) is 3.84. The van der Waals surface area contributed by atoms with E-state index in [0.717, 1.165) is 39.3 Å². The van der Waals surface area contributed by atoms with Crippen LogP contribution >= 0.6 is 34.8 Å². The zero-order valence-electron chi connectivity index (χ0n) is 16.5. The SMILES string of the molecule is CCN(CC)C(=O)CN1CCN(C(C)C(=O)Nc2cc(Cl)c(Cl)cc2Cl)CC1. The molecule has 9 heteroatoms. The van der Waals surface area contributed by atoms with Crippen LogP contribution in [-0.4, -0.2) is 78.4 Å². The molecule has 1 fully saturated rings. The zero-order chi connectivity index (χ0) is 20.8. The van der Waals surface area contributed by atoms with Gasteiger partial charge in [0, 0.05) is 39.3 Å². The second-order valence-corrected chi connectivity index (χ2v) is 8.01. The van der Waals surface area contributed by atoms with Gasteiger partial charge in [-0.1, -0.05) is 34.8 Å². The van der Waals surface area contributed by atoms with Gasteiger partial charge in [-0.15, -0.1) is 0 Å². The lowest BCUT2D eigenvalue weighted by Gasteiger charge is -2.37. The molecule has 28 heavy (non-hydrogen) atoms. The van der Waals surface area contributed by atoms with E-state index in [1.54, 1.807) is 6.07 Å². The van der Waals surface area contributed by atoms with Gasteiger partial charge in [0.05, 0.1) is 33.3 Å². The number of carbonyl (C=O) groups excluding carboxylic acids is 2. The normalized spacial score (nSPS) is 16.6. The van der Waals surface area contributed by atoms with Crippen molar-refractivity contribution in [2.24, 2.45) is 0 Å². The Labute approximate surface area is 181 Å². The van der Waals surface area contributed by atoms with E-state index in [1.807, 2.05) is 25.7 Å². The first kappa shape index (κ1) is 23.2. The number of nitrogens with one attached hydrogen (secondary N) is 1. The monoisotopic (exact) mass is 448 g/mol. The van der Waals surface area contributed by atoms with Crippen molar-refractivity contribution in [1.29, 1.82) is 0 Å². The minimum Gasteiger partial charge on any atom is -0.342 e. The zero-order valence-corrected chi connectivity index (χ0v) is 18.7. The highest BCUT2D eigenvalue weighted by Gasteiger charge is 2.27. The molecule has 1 N–H and O–H groups in total. The highest BCUT2D eigenvalue weighted by atomic mass is 35.5. The quantitative estimate of drug-likeness (QED) is 0.648. The molecule has 1 aromatic rings. The van der Waals surface area contributed by atoms with Crippen molar-refractivity contribution in [3.63, 3.8) is 0 Å². The van der Waals surface area contributed by atoms with Gasteiger partial charge in [0.15, 0.2) is 0 Å². The highest BCUT2D eigenvalue weighted by Crippen LogP contribution is 2.32. The van der Waals surface area contributed by atoms with Crippen LogP contribution in [0, 0.1) is 0 Å². The van der Waals surface area contributed by atoms with Crippen LogP contribution in [0.15, 0.2) is 12.1 Å². The Morgan fingerprint density at radius 2 is 1.61 bits per heavy atom. The largest absolute Gasteiger partial charge is 0.342 e. The Morgan fingerprint density at radius 3 is 2.18 bits per heavy atom. The minimum atomic E-state index is -0.328. The molecule has 0 saturated carbocycles. The second kappa shape index (κ2) is 10.6. The van der Waals surface area contributed by atoms with E-state index < -0.39 is 0 Å². The summed E-state index contributed by atoms with van der Waals surface area (Å²) in [5.41, 5.74) is 0.441.